The van der Waals surface area contributed by atoms with Crippen molar-refractivity contribution in [3.8, 4) is 0 Å². The van der Waals surface area contributed by atoms with Gasteiger partial charge in [0.1, 0.15) is 6.10 Å². The Morgan fingerprint density at radius 1 is 1.54 bits per heavy atom. The number of hydrogen-bond acceptors (Lipinski definition) is 2. The van der Waals surface area contributed by atoms with Gasteiger partial charge in [-0.15, -0.1) is 0 Å². The number of ether oxygens (including phenoxy) is 1. The lowest BCUT2D eigenvalue weighted by Crippen LogP contribution is -2.05. The first-order valence-corrected chi connectivity index (χ1v) is 4.87. The second kappa shape index (κ2) is 4.74. The average molecular weight is 245 g/mol. The van der Waals surface area contributed by atoms with Crippen LogP contribution in [0, 0.1) is 6.92 Å². The maximum Gasteiger partial charge on any atom is 0.103 e. The maximum atomic E-state index is 9.67. The van der Waals surface area contributed by atoms with E-state index in [0.717, 1.165) is 15.6 Å². The van der Waals surface area contributed by atoms with Crippen molar-refractivity contribution in [1.82, 2.24) is 0 Å². The molecule has 0 aliphatic carbocycles. The smallest absolute Gasteiger partial charge is 0.103 e. The largest absolute Gasteiger partial charge is 0.386 e. The Kier molecular flexibility index (Phi) is 3.90. The molecule has 2 nitrogen and oxygen atoms in total. The van der Waals surface area contributed by atoms with E-state index >= 15 is 0 Å². The predicted molar refractivity (Wildman–Crippen MR) is 55.7 cm³/mol. The molecule has 1 aromatic carbocycles. The predicted octanol–water partition coefficient (Wildman–Crippen LogP) is 2.44. The van der Waals surface area contributed by atoms with Crippen molar-refractivity contribution in [2.75, 3.05) is 13.7 Å². The van der Waals surface area contributed by atoms with Gasteiger partial charge in [0.15, 0.2) is 0 Å². The summed E-state index contributed by atoms with van der Waals surface area (Å²) >= 11 is 3.39. The molecular weight excluding hydrogens is 232 g/mol. The molecule has 0 heterocycles. The van der Waals surface area contributed by atoms with Crippen LogP contribution in [-0.2, 0) is 4.74 Å². The van der Waals surface area contributed by atoms with Gasteiger partial charge in [-0.2, -0.15) is 0 Å². The molecule has 1 aromatic rings. The maximum absolute atomic E-state index is 9.67. The fraction of sp³-hybridized carbons (Fsp3) is 0.400. The van der Waals surface area contributed by atoms with Crippen LogP contribution < -0.4 is 0 Å². The third-order valence-corrected chi connectivity index (χ3v) is 2.56. The van der Waals surface area contributed by atoms with E-state index in [4.69, 9.17) is 4.74 Å². The number of halogens is 1. The lowest BCUT2D eigenvalue weighted by Gasteiger charge is -2.12. The minimum Gasteiger partial charge on any atom is -0.386 e. The quantitative estimate of drug-likeness (QED) is 0.886. The third-order valence-electron chi connectivity index (χ3n) is 1.84. The van der Waals surface area contributed by atoms with Gasteiger partial charge in [0.25, 0.3) is 0 Å². The molecule has 72 valence electrons. The van der Waals surface area contributed by atoms with Crippen molar-refractivity contribution in [1.29, 1.82) is 0 Å². The van der Waals surface area contributed by atoms with E-state index in [1.165, 1.54) is 0 Å². The van der Waals surface area contributed by atoms with E-state index in [1.54, 1.807) is 7.11 Å². The summed E-state index contributed by atoms with van der Waals surface area (Å²) in [5.74, 6) is 0. The van der Waals surface area contributed by atoms with Gasteiger partial charge in [0.05, 0.1) is 6.61 Å². The highest BCUT2D eigenvalue weighted by molar-refractivity contribution is 9.10. The van der Waals surface area contributed by atoms with E-state index in [1.807, 2.05) is 25.1 Å². The molecule has 13 heavy (non-hydrogen) atoms. The molecule has 0 amide bonds. The highest BCUT2D eigenvalue weighted by Crippen LogP contribution is 2.24. The Morgan fingerprint density at radius 2 is 2.23 bits per heavy atom. The van der Waals surface area contributed by atoms with Crippen LogP contribution >= 0.6 is 15.9 Å². The van der Waals surface area contributed by atoms with Crippen LogP contribution in [0.5, 0.6) is 0 Å². The molecule has 1 rings (SSSR count). The van der Waals surface area contributed by atoms with E-state index < -0.39 is 6.10 Å². The molecular formula is C10H13BrO2. The Balaban J connectivity index is 2.91. The summed E-state index contributed by atoms with van der Waals surface area (Å²) in [4.78, 5) is 0. The van der Waals surface area contributed by atoms with E-state index in [-0.39, 0.29) is 0 Å². The van der Waals surface area contributed by atoms with Crippen molar-refractivity contribution >= 4 is 15.9 Å². The molecule has 0 aliphatic heterocycles. The van der Waals surface area contributed by atoms with Gasteiger partial charge in [-0.25, -0.2) is 0 Å². The SMILES string of the molecule is COCC(O)c1cc(C)ccc1Br. The molecule has 1 unspecified atom stereocenters. The first-order chi connectivity index (χ1) is 6.15. The van der Waals surface area contributed by atoms with Crippen molar-refractivity contribution in [3.05, 3.63) is 33.8 Å². The number of aliphatic hydroxyl groups is 1. The average Bonchev–Trinajstić information content (AvgIpc) is 2.09. The molecule has 0 saturated heterocycles. The van der Waals surface area contributed by atoms with Crippen LogP contribution in [0.1, 0.15) is 17.2 Å². The Bertz CT molecular complexity index is 286. The number of methoxy groups -OCH3 is 1. The fourth-order valence-electron chi connectivity index (χ4n) is 1.17. The summed E-state index contributed by atoms with van der Waals surface area (Å²) in [5, 5.41) is 9.67. The molecule has 3 heteroatoms. The molecule has 0 aliphatic rings. The van der Waals surface area contributed by atoms with Gasteiger partial charge in [-0.05, 0) is 18.6 Å². The zero-order valence-corrected chi connectivity index (χ0v) is 9.34. The molecule has 0 spiro atoms. The van der Waals surface area contributed by atoms with Crippen LogP contribution in [0.3, 0.4) is 0 Å². The van der Waals surface area contributed by atoms with Gasteiger partial charge in [0, 0.05) is 11.6 Å². The molecule has 1 N–H and O–H groups in total. The van der Waals surface area contributed by atoms with Crippen LogP contribution in [0.4, 0.5) is 0 Å². The molecule has 0 saturated carbocycles. The monoisotopic (exact) mass is 244 g/mol. The summed E-state index contributed by atoms with van der Waals surface area (Å²) in [6.45, 7) is 2.32. The van der Waals surface area contributed by atoms with Crippen LogP contribution in [-0.4, -0.2) is 18.8 Å². The van der Waals surface area contributed by atoms with Crippen molar-refractivity contribution < 1.29 is 9.84 Å². The first kappa shape index (κ1) is 10.7. The lowest BCUT2D eigenvalue weighted by atomic mass is 10.1. The zero-order chi connectivity index (χ0) is 9.84. The van der Waals surface area contributed by atoms with Crippen molar-refractivity contribution in [3.63, 3.8) is 0 Å². The summed E-state index contributed by atoms with van der Waals surface area (Å²) in [6.07, 6.45) is -0.556. The minimum atomic E-state index is -0.556. The molecule has 0 aromatic heterocycles. The number of aliphatic hydroxyl groups excluding tert-OH is 1. The van der Waals surface area contributed by atoms with Crippen molar-refractivity contribution in [2.45, 2.75) is 13.0 Å². The lowest BCUT2D eigenvalue weighted by molar-refractivity contribution is 0.0639. The summed E-state index contributed by atoms with van der Waals surface area (Å²) in [5.41, 5.74) is 2.01. The fourth-order valence-corrected chi connectivity index (χ4v) is 1.68. The zero-order valence-electron chi connectivity index (χ0n) is 7.75. The van der Waals surface area contributed by atoms with E-state index in [9.17, 15) is 5.11 Å². The normalized spacial score (nSPS) is 12.9. The number of benzene rings is 1. The van der Waals surface area contributed by atoms with Gasteiger partial charge < -0.3 is 9.84 Å². The highest BCUT2D eigenvalue weighted by Gasteiger charge is 2.10. The Labute approximate surface area is 86.7 Å². The number of hydrogen-bond donors (Lipinski definition) is 1. The standard InChI is InChI=1S/C10H13BrO2/c1-7-3-4-9(11)8(5-7)10(12)6-13-2/h3-5,10,12H,6H2,1-2H3. The van der Waals surface area contributed by atoms with Gasteiger partial charge in [-0.3, -0.25) is 0 Å². The first-order valence-electron chi connectivity index (χ1n) is 4.08. The Hall–Kier alpha value is -0.380. The van der Waals surface area contributed by atoms with Crippen molar-refractivity contribution in [2.24, 2.45) is 0 Å². The second-order valence-corrected chi connectivity index (χ2v) is 3.85. The van der Waals surface area contributed by atoms with Crippen LogP contribution in [0.2, 0.25) is 0 Å². The molecule has 0 fully saturated rings. The van der Waals surface area contributed by atoms with Crippen LogP contribution in [0.15, 0.2) is 22.7 Å². The Morgan fingerprint density at radius 3 is 2.85 bits per heavy atom. The molecule has 0 bridgehead atoms. The summed E-state index contributed by atoms with van der Waals surface area (Å²) in [6, 6.07) is 5.88. The van der Waals surface area contributed by atoms with Gasteiger partial charge in [-0.1, -0.05) is 33.6 Å². The summed E-state index contributed by atoms with van der Waals surface area (Å²) < 4.78 is 5.80. The topological polar surface area (TPSA) is 29.5 Å². The highest BCUT2D eigenvalue weighted by atomic mass is 79.9. The van der Waals surface area contributed by atoms with E-state index in [2.05, 4.69) is 15.9 Å². The number of aryl methyl sites for hydroxylation is 1. The molecule has 1 atom stereocenters. The minimum absolute atomic E-state index is 0.321. The van der Waals surface area contributed by atoms with Gasteiger partial charge in [0.2, 0.25) is 0 Å². The molecule has 0 radical (unpaired) electrons. The van der Waals surface area contributed by atoms with E-state index in [0.29, 0.717) is 6.61 Å². The van der Waals surface area contributed by atoms with Gasteiger partial charge >= 0.3 is 0 Å². The van der Waals surface area contributed by atoms with Crippen LogP contribution in [0.25, 0.3) is 0 Å². The summed E-state index contributed by atoms with van der Waals surface area (Å²) in [7, 11) is 1.58. The number of rotatable bonds is 3. The second-order valence-electron chi connectivity index (χ2n) is 3.00. The third kappa shape index (κ3) is 2.79.